The summed E-state index contributed by atoms with van der Waals surface area (Å²) in [6.45, 7) is 7.81. The third kappa shape index (κ3) is 3.74. The Morgan fingerprint density at radius 3 is 2.62 bits per heavy atom. The average Bonchev–Trinajstić information content (AvgIpc) is 1.83. The van der Waals surface area contributed by atoms with Crippen LogP contribution in [-0.2, 0) is 0 Å². The molecule has 1 atom stereocenters. The molecule has 0 spiro atoms. The van der Waals surface area contributed by atoms with Gasteiger partial charge in [0.15, 0.2) is 0 Å². The Balaban J connectivity index is 3.19. The molecule has 0 aromatic rings. The summed E-state index contributed by atoms with van der Waals surface area (Å²) in [5.41, 5.74) is 0. The van der Waals surface area contributed by atoms with Crippen molar-refractivity contribution in [2.24, 2.45) is 5.92 Å². The first-order chi connectivity index (χ1) is 3.81. The molecule has 0 saturated carbocycles. The van der Waals surface area contributed by atoms with Crippen molar-refractivity contribution in [2.45, 2.75) is 26.7 Å². The zero-order valence-corrected chi connectivity index (χ0v) is 5.70. The summed E-state index contributed by atoms with van der Waals surface area (Å²) in [5.74, 6) is 6.53. The highest BCUT2D eigenvalue weighted by molar-refractivity contribution is 4.95. The van der Waals surface area contributed by atoms with Gasteiger partial charge in [-0.3, -0.25) is 0 Å². The van der Waals surface area contributed by atoms with Crippen LogP contribution in [0.25, 0.3) is 0 Å². The normalized spacial score (nSPS) is 11.9. The third-order valence-electron chi connectivity index (χ3n) is 1.12. The minimum atomic E-state index is 0.669. The van der Waals surface area contributed by atoms with E-state index in [1.165, 1.54) is 0 Å². The first kappa shape index (κ1) is 7.56. The highest BCUT2D eigenvalue weighted by Crippen LogP contribution is 2.03. The quantitative estimate of drug-likeness (QED) is 0.477. The van der Waals surface area contributed by atoms with Crippen LogP contribution in [0.5, 0.6) is 0 Å². The van der Waals surface area contributed by atoms with Gasteiger partial charge in [-0.15, -0.1) is 11.8 Å². The molecule has 0 aromatic carbocycles. The molecule has 0 nitrogen and oxygen atoms in total. The SMILES string of the molecule is [CH2]CC(C)CC#CC. The van der Waals surface area contributed by atoms with Crippen molar-refractivity contribution in [3.8, 4) is 11.8 Å². The van der Waals surface area contributed by atoms with Crippen LogP contribution in [-0.4, -0.2) is 0 Å². The Kier molecular flexibility index (Phi) is 4.45. The zero-order chi connectivity index (χ0) is 6.41. The Morgan fingerprint density at radius 2 is 2.25 bits per heavy atom. The molecule has 45 valence electrons. The van der Waals surface area contributed by atoms with Crippen molar-refractivity contribution in [2.75, 3.05) is 0 Å². The van der Waals surface area contributed by atoms with Gasteiger partial charge in [0.1, 0.15) is 0 Å². The summed E-state index contributed by atoms with van der Waals surface area (Å²) in [5, 5.41) is 0. The van der Waals surface area contributed by atoms with Crippen LogP contribution in [0, 0.1) is 24.7 Å². The fourth-order valence-electron chi connectivity index (χ4n) is 0.378. The van der Waals surface area contributed by atoms with E-state index in [-0.39, 0.29) is 0 Å². The van der Waals surface area contributed by atoms with Crippen molar-refractivity contribution < 1.29 is 0 Å². The number of rotatable bonds is 2. The summed E-state index contributed by atoms with van der Waals surface area (Å²) in [7, 11) is 0. The fraction of sp³-hybridized carbons (Fsp3) is 0.625. The van der Waals surface area contributed by atoms with E-state index in [2.05, 4.69) is 25.7 Å². The topological polar surface area (TPSA) is 0 Å². The molecule has 0 N–H and O–H groups in total. The van der Waals surface area contributed by atoms with E-state index in [0.717, 1.165) is 12.8 Å². The monoisotopic (exact) mass is 109 g/mol. The van der Waals surface area contributed by atoms with E-state index in [9.17, 15) is 0 Å². The van der Waals surface area contributed by atoms with Gasteiger partial charge in [0.25, 0.3) is 0 Å². The standard InChI is InChI=1S/C8H13/c1-4-6-7-8(3)5-2/h8H,2,5,7H2,1,3H3. The van der Waals surface area contributed by atoms with Crippen molar-refractivity contribution in [3.05, 3.63) is 6.92 Å². The molecule has 0 amide bonds. The molecule has 8 heavy (non-hydrogen) atoms. The highest BCUT2D eigenvalue weighted by atomic mass is 14.0. The van der Waals surface area contributed by atoms with Gasteiger partial charge in [0.05, 0.1) is 0 Å². The maximum Gasteiger partial charge on any atom is 0.0114 e. The van der Waals surface area contributed by atoms with Crippen LogP contribution in [0.1, 0.15) is 26.7 Å². The van der Waals surface area contributed by atoms with Crippen molar-refractivity contribution >= 4 is 0 Å². The first-order valence-corrected chi connectivity index (χ1v) is 3.00. The lowest BCUT2D eigenvalue weighted by Gasteiger charge is -1.98. The minimum absolute atomic E-state index is 0.669. The third-order valence-corrected chi connectivity index (χ3v) is 1.12. The largest absolute Gasteiger partial charge is 0.107 e. The van der Waals surface area contributed by atoms with Crippen molar-refractivity contribution in [1.29, 1.82) is 0 Å². The van der Waals surface area contributed by atoms with Crippen LogP contribution in [0.4, 0.5) is 0 Å². The molecular formula is C8H13. The van der Waals surface area contributed by atoms with Crippen LogP contribution >= 0.6 is 0 Å². The maximum absolute atomic E-state index is 3.77. The smallest absolute Gasteiger partial charge is 0.0114 e. The Labute approximate surface area is 52.3 Å². The van der Waals surface area contributed by atoms with Gasteiger partial charge >= 0.3 is 0 Å². The summed E-state index contributed by atoms with van der Waals surface area (Å²) >= 11 is 0. The van der Waals surface area contributed by atoms with E-state index in [1.54, 1.807) is 0 Å². The summed E-state index contributed by atoms with van der Waals surface area (Å²) < 4.78 is 0. The second-order valence-electron chi connectivity index (χ2n) is 2.02. The Morgan fingerprint density at radius 1 is 1.62 bits per heavy atom. The minimum Gasteiger partial charge on any atom is -0.107 e. The van der Waals surface area contributed by atoms with Crippen LogP contribution in [0.15, 0.2) is 0 Å². The van der Waals surface area contributed by atoms with Gasteiger partial charge in [-0.1, -0.05) is 13.8 Å². The van der Waals surface area contributed by atoms with Gasteiger partial charge in [-0.2, -0.15) is 0 Å². The first-order valence-electron chi connectivity index (χ1n) is 3.00. The van der Waals surface area contributed by atoms with Crippen molar-refractivity contribution in [1.82, 2.24) is 0 Å². The molecule has 0 heterocycles. The highest BCUT2D eigenvalue weighted by Gasteiger charge is 1.91. The molecular weight excluding hydrogens is 96.1 g/mol. The van der Waals surface area contributed by atoms with Gasteiger partial charge in [0, 0.05) is 6.42 Å². The van der Waals surface area contributed by atoms with E-state index < -0.39 is 0 Å². The predicted octanol–water partition coefficient (Wildman–Crippen LogP) is 2.26. The molecule has 0 aliphatic rings. The summed E-state index contributed by atoms with van der Waals surface area (Å²) in [4.78, 5) is 0. The molecule has 0 aliphatic heterocycles. The summed E-state index contributed by atoms with van der Waals surface area (Å²) in [6.07, 6.45) is 1.99. The number of hydrogen-bond donors (Lipinski definition) is 0. The van der Waals surface area contributed by atoms with E-state index in [0.29, 0.717) is 5.92 Å². The van der Waals surface area contributed by atoms with Gasteiger partial charge < -0.3 is 0 Å². The second kappa shape index (κ2) is 4.71. The molecule has 0 heteroatoms. The maximum atomic E-state index is 3.77. The number of hydrogen-bond acceptors (Lipinski definition) is 0. The molecule has 0 rings (SSSR count). The predicted molar refractivity (Wildman–Crippen MR) is 37.2 cm³/mol. The van der Waals surface area contributed by atoms with E-state index >= 15 is 0 Å². The van der Waals surface area contributed by atoms with Crippen LogP contribution < -0.4 is 0 Å². The van der Waals surface area contributed by atoms with Gasteiger partial charge in [-0.05, 0) is 19.3 Å². The van der Waals surface area contributed by atoms with Crippen molar-refractivity contribution in [3.63, 3.8) is 0 Å². The zero-order valence-electron chi connectivity index (χ0n) is 5.70. The Hall–Kier alpha value is -0.440. The lowest BCUT2D eigenvalue weighted by atomic mass is 10.1. The lowest BCUT2D eigenvalue weighted by molar-refractivity contribution is 0.611. The average molecular weight is 109 g/mol. The molecule has 0 aliphatic carbocycles. The summed E-state index contributed by atoms with van der Waals surface area (Å²) in [6, 6.07) is 0. The lowest BCUT2D eigenvalue weighted by Crippen LogP contribution is -1.87. The molecule has 0 fully saturated rings. The van der Waals surface area contributed by atoms with E-state index in [4.69, 9.17) is 0 Å². The molecule has 0 bridgehead atoms. The van der Waals surface area contributed by atoms with Crippen LogP contribution in [0.2, 0.25) is 0 Å². The Bertz CT molecular complexity index is 92.3. The molecule has 1 unspecified atom stereocenters. The molecule has 0 saturated heterocycles. The van der Waals surface area contributed by atoms with E-state index in [1.807, 2.05) is 6.92 Å². The molecule has 0 aromatic heterocycles. The fourth-order valence-corrected chi connectivity index (χ4v) is 0.378. The molecule has 1 radical (unpaired) electrons. The van der Waals surface area contributed by atoms with Gasteiger partial charge in [-0.25, -0.2) is 0 Å². The van der Waals surface area contributed by atoms with Gasteiger partial charge in [0.2, 0.25) is 0 Å². The second-order valence-corrected chi connectivity index (χ2v) is 2.02. The van der Waals surface area contributed by atoms with Crippen LogP contribution in [0.3, 0.4) is 0 Å².